The van der Waals surface area contributed by atoms with E-state index in [9.17, 15) is 18.0 Å². The van der Waals surface area contributed by atoms with Crippen LogP contribution in [0.25, 0.3) is 17.2 Å². The van der Waals surface area contributed by atoms with E-state index in [1.54, 1.807) is 36.4 Å². The molecule has 1 aliphatic rings. The van der Waals surface area contributed by atoms with E-state index in [2.05, 4.69) is 0 Å². The molecule has 1 aliphatic carbocycles. The summed E-state index contributed by atoms with van der Waals surface area (Å²) >= 11 is 0. The number of fused-ring (bicyclic) bond motifs is 1. The molecule has 5 nitrogen and oxygen atoms in total. The largest absolute Gasteiger partial charge is 0.286 e. The molecule has 0 N–H and O–H groups in total. The summed E-state index contributed by atoms with van der Waals surface area (Å²) in [5, 5.41) is 0. The molecule has 0 bridgehead atoms. The van der Waals surface area contributed by atoms with Crippen LogP contribution in [-0.2, 0) is 14.8 Å². The Labute approximate surface area is 156 Å². The molecule has 1 aromatic heterocycles. The van der Waals surface area contributed by atoms with Crippen molar-refractivity contribution in [3.63, 3.8) is 0 Å². The highest BCUT2D eigenvalue weighted by Crippen LogP contribution is 2.34. The molecule has 0 saturated heterocycles. The fourth-order valence-electron chi connectivity index (χ4n) is 3.11. The van der Waals surface area contributed by atoms with Gasteiger partial charge in [-0.3, -0.25) is 9.59 Å². The summed E-state index contributed by atoms with van der Waals surface area (Å²) in [5.41, 5.74) is 2.34. The molecule has 0 unspecified atom stereocenters. The summed E-state index contributed by atoms with van der Waals surface area (Å²) in [7, 11) is -3.92. The fraction of sp³-hybridized carbons (Fsp3) is 0.0476. The molecule has 0 amide bonds. The lowest BCUT2D eigenvalue weighted by Gasteiger charge is -2.11. The van der Waals surface area contributed by atoms with Gasteiger partial charge in [0.2, 0.25) is 11.6 Å². The van der Waals surface area contributed by atoms with E-state index >= 15 is 0 Å². The second kappa shape index (κ2) is 6.17. The van der Waals surface area contributed by atoms with Gasteiger partial charge in [0.15, 0.2) is 0 Å². The molecule has 0 atom stereocenters. The number of carbonyl (C=O) groups excluding carboxylic acids is 2. The predicted molar refractivity (Wildman–Crippen MR) is 102 cm³/mol. The smallest absolute Gasteiger partial charge is 0.268 e. The number of benzene rings is 2. The van der Waals surface area contributed by atoms with Gasteiger partial charge in [-0.25, -0.2) is 12.4 Å². The van der Waals surface area contributed by atoms with Crippen LogP contribution < -0.4 is 0 Å². The third kappa shape index (κ3) is 2.74. The van der Waals surface area contributed by atoms with E-state index in [1.165, 1.54) is 24.4 Å². The lowest BCUT2D eigenvalue weighted by Crippen LogP contribution is -2.20. The number of allylic oxidation sites excluding steroid dienone is 1. The van der Waals surface area contributed by atoms with Crippen LogP contribution >= 0.6 is 0 Å². The molecule has 0 saturated carbocycles. The first kappa shape index (κ1) is 17.2. The Morgan fingerprint density at radius 2 is 1.52 bits per heavy atom. The molecule has 0 fully saturated rings. The molecule has 4 rings (SSSR count). The Hall–Kier alpha value is -3.25. The number of hydrogen-bond acceptors (Lipinski definition) is 4. The van der Waals surface area contributed by atoms with Gasteiger partial charge in [-0.05, 0) is 36.8 Å². The SMILES string of the molecule is Cc1ccc(S(=O)(=O)n2cc(-c3ccccc3)c3c2C=CC(=O)C3=O)cc1. The molecular formula is C21H15NO4S. The van der Waals surface area contributed by atoms with Crippen LogP contribution in [0.2, 0.25) is 0 Å². The van der Waals surface area contributed by atoms with Crippen LogP contribution in [-0.4, -0.2) is 24.0 Å². The van der Waals surface area contributed by atoms with E-state index < -0.39 is 21.6 Å². The zero-order valence-corrected chi connectivity index (χ0v) is 15.2. The van der Waals surface area contributed by atoms with Crippen molar-refractivity contribution >= 4 is 27.7 Å². The summed E-state index contributed by atoms with van der Waals surface area (Å²) in [6, 6.07) is 15.4. The van der Waals surface area contributed by atoms with Crippen LogP contribution in [0.4, 0.5) is 0 Å². The highest BCUT2D eigenvalue weighted by Gasteiger charge is 2.32. The van der Waals surface area contributed by atoms with Crippen molar-refractivity contribution in [3.8, 4) is 11.1 Å². The first-order valence-electron chi connectivity index (χ1n) is 8.29. The lowest BCUT2D eigenvalue weighted by molar-refractivity contribution is -0.110. The Morgan fingerprint density at radius 3 is 2.19 bits per heavy atom. The minimum atomic E-state index is -3.92. The number of aromatic nitrogens is 1. The van der Waals surface area contributed by atoms with Gasteiger partial charge >= 0.3 is 0 Å². The quantitative estimate of drug-likeness (QED) is 0.655. The van der Waals surface area contributed by atoms with Crippen molar-refractivity contribution in [1.82, 2.24) is 3.97 Å². The molecule has 3 aromatic rings. The van der Waals surface area contributed by atoms with Gasteiger partial charge in [0.1, 0.15) is 0 Å². The number of hydrogen-bond donors (Lipinski definition) is 0. The minimum absolute atomic E-state index is 0.114. The van der Waals surface area contributed by atoms with Crippen LogP contribution in [0.5, 0.6) is 0 Å². The summed E-state index contributed by atoms with van der Waals surface area (Å²) in [6.45, 7) is 1.87. The molecule has 0 aliphatic heterocycles. The maximum atomic E-state index is 13.2. The third-order valence-corrected chi connectivity index (χ3v) is 6.20. The monoisotopic (exact) mass is 377 g/mol. The van der Waals surface area contributed by atoms with Crippen LogP contribution in [0, 0.1) is 6.92 Å². The molecule has 1 heterocycles. The fourth-order valence-corrected chi connectivity index (χ4v) is 4.47. The molecular weight excluding hydrogens is 362 g/mol. The molecule has 27 heavy (non-hydrogen) atoms. The third-order valence-electron chi connectivity index (χ3n) is 4.52. The number of nitrogens with zero attached hydrogens (tertiary/aromatic N) is 1. The van der Waals surface area contributed by atoms with Crippen molar-refractivity contribution in [1.29, 1.82) is 0 Å². The zero-order valence-electron chi connectivity index (χ0n) is 14.4. The van der Waals surface area contributed by atoms with Crippen molar-refractivity contribution in [2.45, 2.75) is 11.8 Å². The highest BCUT2D eigenvalue weighted by molar-refractivity contribution is 7.90. The zero-order chi connectivity index (χ0) is 19.2. The van der Waals surface area contributed by atoms with Crippen molar-refractivity contribution in [2.75, 3.05) is 0 Å². The van der Waals surface area contributed by atoms with Crippen molar-refractivity contribution in [2.24, 2.45) is 0 Å². The van der Waals surface area contributed by atoms with Gasteiger partial charge in [0, 0.05) is 11.8 Å². The summed E-state index contributed by atoms with van der Waals surface area (Å²) < 4.78 is 27.4. The lowest BCUT2D eigenvalue weighted by atomic mass is 9.94. The second-order valence-electron chi connectivity index (χ2n) is 6.31. The molecule has 6 heteroatoms. The topological polar surface area (TPSA) is 73.2 Å². The average molecular weight is 377 g/mol. The number of ketones is 2. The Kier molecular flexibility index (Phi) is 3.93. The van der Waals surface area contributed by atoms with E-state index in [0.29, 0.717) is 11.1 Å². The average Bonchev–Trinajstić information content (AvgIpc) is 3.07. The highest BCUT2D eigenvalue weighted by atomic mass is 32.2. The Balaban J connectivity index is 2.00. The van der Waals surface area contributed by atoms with Gasteiger partial charge in [0.05, 0.1) is 16.2 Å². The van der Waals surface area contributed by atoms with Gasteiger partial charge in [-0.1, -0.05) is 48.0 Å². The number of aryl methyl sites for hydroxylation is 1. The van der Waals surface area contributed by atoms with Crippen LogP contribution in [0.15, 0.2) is 71.8 Å². The summed E-state index contributed by atoms with van der Waals surface area (Å²) in [5.74, 6) is -1.37. The summed E-state index contributed by atoms with van der Waals surface area (Å²) in [6.07, 6.45) is 3.91. The van der Waals surface area contributed by atoms with Crippen molar-refractivity contribution < 1.29 is 18.0 Å². The molecule has 0 spiro atoms. The van der Waals surface area contributed by atoms with Crippen LogP contribution in [0.1, 0.15) is 21.6 Å². The molecule has 134 valence electrons. The molecule has 2 aromatic carbocycles. The molecule has 0 radical (unpaired) electrons. The maximum absolute atomic E-state index is 13.2. The minimum Gasteiger partial charge on any atom is -0.286 e. The first-order valence-corrected chi connectivity index (χ1v) is 9.73. The van der Waals surface area contributed by atoms with Gasteiger partial charge in [-0.15, -0.1) is 0 Å². The van der Waals surface area contributed by atoms with Gasteiger partial charge in [-0.2, -0.15) is 0 Å². The van der Waals surface area contributed by atoms with Crippen molar-refractivity contribution in [3.05, 3.63) is 83.7 Å². The van der Waals surface area contributed by atoms with Gasteiger partial charge < -0.3 is 0 Å². The maximum Gasteiger partial charge on any atom is 0.268 e. The first-order chi connectivity index (χ1) is 12.9. The van der Waals surface area contributed by atoms with E-state index in [-0.39, 0.29) is 16.2 Å². The number of rotatable bonds is 3. The Morgan fingerprint density at radius 1 is 0.852 bits per heavy atom. The second-order valence-corrected chi connectivity index (χ2v) is 8.12. The predicted octanol–water partition coefficient (Wildman–Crippen LogP) is 3.48. The van der Waals surface area contributed by atoms with Crippen LogP contribution in [0.3, 0.4) is 0 Å². The Bertz CT molecular complexity index is 1200. The number of carbonyl (C=O) groups is 2. The normalized spacial score (nSPS) is 13.7. The van der Waals surface area contributed by atoms with Gasteiger partial charge in [0.25, 0.3) is 10.0 Å². The number of Topliss-reactive ketones (excluding diaryl/α,β-unsaturated/α-hetero) is 1. The summed E-state index contributed by atoms with van der Waals surface area (Å²) in [4.78, 5) is 24.5. The van der Waals surface area contributed by atoms with E-state index in [1.807, 2.05) is 13.0 Å². The van der Waals surface area contributed by atoms with E-state index in [0.717, 1.165) is 15.6 Å². The van der Waals surface area contributed by atoms with E-state index in [4.69, 9.17) is 0 Å². The standard InChI is InChI=1S/C21H15NO4S/c1-14-7-9-16(10-8-14)27(25,26)22-13-17(15-5-3-2-4-6-15)20-18(22)11-12-19(23)21(20)24/h2-13H,1H3.